The number of hydrogen-bond acceptors (Lipinski definition) is 4. The summed E-state index contributed by atoms with van der Waals surface area (Å²) < 4.78 is 5.24. The average molecular weight is 320 g/mol. The minimum Gasteiger partial charge on any atom is -0.379 e. The van der Waals surface area contributed by atoms with Gasteiger partial charge in [0.25, 0.3) is 5.91 Å². The van der Waals surface area contributed by atoms with E-state index in [-0.39, 0.29) is 18.0 Å². The van der Waals surface area contributed by atoms with Crippen molar-refractivity contribution in [1.82, 2.24) is 21.1 Å². The predicted molar refractivity (Wildman–Crippen MR) is 86.8 cm³/mol. The number of ether oxygens (including phenoxy) is 1. The molecule has 0 aromatic heterocycles. The number of nitrogens with zero attached hydrogens (tertiary/aromatic N) is 1. The Balaban J connectivity index is 1.81. The number of morpholine rings is 1. The first kappa shape index (κ1) is 17.2. The molecule has 0 bridgehead atoms. The summed E-state index contributed by atoms with van der Waals surface area (Å²) in [7, 11) is 0. The van der Waals surface area contributed by atoms with Crippen molar-refractivity contribution in [3.63, 3.8) is 0 Å². The van der Waals surface area contributed by atoms with Crippen LogP contribution in [0.3, 0.4) is 0 Å². The third kappa shape index (κ3) is 5.88. The number of rotatable bonds is 5. The van der Waals surface area contributed by atoms with Crippen LogP contribution in [0.15, 0.2) is 24.3 Å². The summed E-state index contributed by atoms with van der Waals surface area (Å²) in [6.07, 6.45) is 0. The first-order chi connectivity index (χ1) is 11.0. The van der Waals surface area contributed by atoms with Crippen LogP contribution in [0.1, 0.15) is 29.8 Å². The Hall–Kier alpha value is -2.12. The molecule has 1 saturated heterocycles. The maximum Gasteiger partial charge on any atom is 0.315 e. The number of amides is 3. The minimum absolute atomic E-state index is 0.0984. The van der Waals surface area contributed by atoms with Crippen molar-refractivity contribution in [2.75, 3.05) is 26.3 Å². The van der Waals surface area contributed by atoms with Gasteiger partial charge < -0.3 is 15.4 Å². The zero-order valence-electron chi connectivity index (χ0n) is 13.6. The van der Waals surface area contributed by atoms with E-state index in [1.165, 1.54) is 0 Å². The number of nitrogens with one attached hydrogen (secondary N) is 3. The highest BCUT2D eigenvalue weighted by Crippen LogP contribution is 2.05. The Kier molecular flexibility index (Phi) is 6.37. The highest BCUT2D eigenvalue weighted by atomic mass is 16.5. The molecule has 0 aliphatic carbocycles. The topological polar surface area (TPSA) is 82.7 Å². The molecule has 1 heterocycles. The zero-order chi connectivity index (χ0) is 16.7. The summed E-state index contributed by atoms with van der Waals surface area (Å²) in [5.74, 6) is -0.135. The Morgan fingerprint density at radius 1 is 1.17 bits per heavy atom. The van der Waals surface area contributed by atoms with Crippen molar-refractivity contribution in [2.45, 2.75) is 26.4 Å². The molecule has 0 spiro atoms. The zero-order valence-corrected chi connectivity index (χ0v) is 13.6. The van der Waals surface area contributed by atoms with Crippen molar-refractivity contribution in [1.29, 1.82) is 0 Å². The van der Waals surface area contributed by atoms with Crippen molar-refractivity contribution in [2.24, 2.45) is 0 Å². The Labute approximate surface area is 136 Å². The van der Waals surface area contributed by atoms with E-state index in [9.17, 15) is 9.59 Å². The van der Waals surface area contributed by atoms with E-state index in [1.807, 2.05) is 31.0 Å². The molecule has 3 amide bonds. The second kappa shape index (κ2) is 8.50. The van der Waals surface area contributed by atoms with Crippen molar-refractivity contribution in [3.05, 3.63) is 35.4 Å². The van der Waals surface area contributed by atoms with Crippen LogP contribution in [-0.4, -0.2) is 49.3 Å². The van der Waals surface area contributed by atoms with Gasteiger partial charge in [-0.2, -0.15) is 0 Å². The molecule has 3 N–H and O–H groups in total. The van der Waals surface area contributed by atoms with Gasteiger partial charge >= 0.3 is 6.03 Å². The molecule has 0 atom stereocenters. The Bertz CT molecular complexity index is 525. The first-order valence-electron chi connectivity index (χ1n) is 7.81. The predicted octanol–water partition coefficient (Wildman–Crippen LogP) is 0.871. The van der Waals surface area contributed by atoms with E-state index < -0.39 is 0 Å². The van der Waals surface area contributed by atoms with Crippen LogP contribution in [0.25, 0.3) is 0 Å². The van der Waals surface area contributed by atoms with E-state index in [1.54, 1.807) is 12.1 Å². The van der Waals surface area contributed by atoms with E-state index >= 15 is 0 Å². The number of hydrazine groups is 1. The highest BCUT2D eigenvalue weighted by Gasteiger charge is 2.14. The minimum atomic E-state index is -0.200. The molecule has 0 saturated carbocycles. The normalized spacial score (nSPS) is 15.3. The Morgan fingerprint density at radius 2 is 1.83 bits per heavy atom. The number of carbonyl (C=O) groups is 2. The van der Waals surface area contributed by atoms with E-state index in [2.05, 4.69) is 16.1 Å². The van der Waals surface area contributed by atoms with E-state index in [4.69, 9.17) is 4.74 Å². The van der Waals surface area contributed by atoms with Gasteiger partial charge in [-0.25, -0.2) is 9.80 Å². The molecule has 23 heavy (non-hydrogen) atoms. The number of carbonyl (C=O) groups excluding carboxylic acids is 2. The molecular weight excluding hydrogens is 296 g/mol. The molecule has 1 fully saturated rings. The van der Waals surface area contributed by atoms with Gasteiger partial charge in [0.2, 0.25) is 0 Å². The van der Waals surface area contributed by atoms with Crippen LogP contribution in [0.4, 0.5) is 4.79 Å². The summed E-state index contributed by atoms with van der Waals surface area (Å²) in [5.41, 5.74) is 4.39. The largest absolute Gasteiger partial charge is 0.379 e. The van der Waals surface area contributed by atoms with Gasteiger partial charge in [-0.05, 0) is 31.5 Å². The van der Waals surface area contributed by atoms with E-state index in [0.717, 1.165) is 5.56 Å². The Morgan fingerprint density at radius 3 is 2.43 bits per heavy atom. The third-order valence-corrected chi connectivity index (χ3v) is 3.36. The molecular formula is C16H24N4O3. The summed E-state index contributed by atoms with van der Waals surface area (Å²) in [4.78, 5) is 23.7. The van der Waals surface area contributed by atoms with Gasteiger partial charge in [-0.15, -0.1) is 0 Å². The fraction of sp³-hybridized carbons (Fsp3) is 0.500. The summed E-state index contributed by atoms with van der Waals surface area (Å²) in [5, 5.41) is 7.39. The molecule has 7 heteroatoms. The maximum atomic E-state index is 12.1. The second-order valence-electron chi connectivity index (χ2n) is 5.72. The van der Waals surface area contributed by atoms with Crippen LogP contribution >= 0.6 is 0 Å². The monoisotopic (exact) mass is 320 g/mol. The number of urea groups is 1. The smallest absolute Gasteiger partial charge is 0.315 e. The van der Waals surface area contributed by atoms with Gasteiger partial charge in [0, 0.05) is 31.2 Å². The van der Waals surface area contributed by atoms with Crippen LogP contribution in [-0.2, 0) is 11.3 Å². The number of hydrogen-bond donors (Lipinski definition) is 3. The average Bonchev–Trinajstić information content (AvgIpc) is 2.54. The molecule has 1 aliphatic heterocycles. The lowest BCUT2D eigenvalue weighted by atomic mass is 10.1. The molecule has 1 aliphatic rings. The van der Waals surface area contributed by atoms with Crippen LogP contribution in [0, 0.1) is 0 Å². The van der Waals surface area contributed by atoms with E-state index in [0.29, 0.717) is 38.4 Å². The highest BCUT2D eigenvalue weighted by molar-refractivity contribution is 5.93. The molecule has 7 nitrogen and oxygen atoms in total. The molecule has 0 radical (unpaired) electrons. The molecule has 1 aromatic rings. The van der Waals surface area contributed by atoms with Crippen molar-refractivity contribution < 1.29 is 14.3 Å². The molecule has 0 unspecified atom stereocenters. The third-order valence-electron chi connectivity index (χ3n) is 3.36. The van der Waals surface area contributed by atoms with Gasteiger partial charge in [0.1, 0.15) is 0 Å². The summed E-state index contributed by atoms with van der Waals surface area (Å²) in [6, 6.07) is 7.09. The van der Waals surface area contributed by atoms with Crippen molar-refractivity contribution in [3.8, 4) is 0 Å². The summed E-state index contributed by atoms with van der Waals surface area (Å²) >= 11 is 0. The lowest BCUT2D eigenvalue weighted by molar-refractivity contribution is 0.0126. The second-order valence-corrected chi connectivity index (χ2v) is 5.72. The standard InChI is InChI=1S/C16H24N4O3/c1-12(2)18-16(22)17-11-13-3-5-14(6-4-13)15(21)19-20-7-9-23-10-8-20/h3-6,12H,7-11H2,1-2H3,(H,19,21)(H2,17,18,22). The fourth-order valence-electron chi connectivity index (χ4n) is 2.15. The van der Waals surface area contributed by atoms with Gasteiger partial charge in [-0.1, -0.05) is 12.1 Å². The lowest BCUT2D eigenvalue weighted by Crippen LogP contribution is -2.48. The molecule has 2 rings (SSSR count). The van der Waals surface area contributed by atoms with Crippen LogP contribution in [0.2, 0.25) is 0 Å². The van der Waals surface area contributed by atoms with Gasteiger partial charge in [0.05, 0.1) is 13.2 Å². The first-order valence-corrected chi connectivity index (χ1v) is 7.81. The lowest BCUT2D eigenvalue weighted by Gasteiger charge is -2.26. The molecule has 1 aromatic carbocycles. The fourth-order valence-corrected chi connectivity index (χ4v) is 2.15. The maximum absolute atomic E-state index is 12.1. The van der Waals surface area contributed by atoms with Gasteiger partial charge in [-0.3, -0.25) is 10.2 Å². The quantitative estimate of drug-likeness (QED) is 0.752. The van der Waals surface area contributed by atoms with Gasteiger partial charge in [0.15, 0.2) is 0 Å². The molecule has 126 valence electrons. The van der Waals surface area contributed by atoms with Crippen molar-refractivity contribution >= 4 is 11.9 Å². The van der Waals surface area contributed by atoms with Crippen LogP contribution in [0.5, 0.6) is 0 Å². The van der Waals surface area contributed by atoms with Crippen LogP contribution < -0.4 is 16.1 Å². The number of benzene rings is 1. The SMILES string of the molecule is CC(C)NC(=O)NCc1ccc(C(=O)NN2CCOCC2)cc1. The summed E-state index contributed by atoms with van der Waals surface area (Å²) in [6.45, 7) is 6.87.